The third kappa shape index (κ3) is 5.01. The zero-order chi connectivity index (χ0) is 26.8. The van der Waals surface area contributed by atoms with Crippen LogP contribution in [0.15, 0.2) is 59.7 Å². The maximum absolute atomic E-state index is 13.5. The molecule has 38 heavy (non-hydrogen) atoms. The van der Waals surface area contributed by atoms with Crippen molar-refractivity contribution in [2.45, 2.75) is 44.6 Å². The largest absolute Gasteiger partial charge is 0.497 e. The molecule has 1 heterocycles. The Bertz CT molecular complexity index is 1220. The van der Waals surface area contributed by atoms with Crippen molar-refractivity contribution in [1.82, 2.24) is 10.3 Å². The van der Waals surface area contributed by atoms with Gasteiger partial charge in [0.25, 0.3) is 0 Å². The number of hydrogen-bond acceptors (Lipinski definition) is 8. The Labute approximate surface area is 220 Å². The fraction of sp³-hybridized carbons (Fsp3) is 0.429. The number of ether oxygens (including phenoxy) is 2. The van der Waals surface area contributed by atoms with E-state index in [0.717, 1.165) is 11.1 Å². The monoisotopic (exact) mass is 521 g/mol. The van der Waals surface area contributed by atoms with Crippen LogP contribution in [0.1, 0.15) is 30.4 Å². The van der Waals surface area contributed by atoms with Gasteiger partial charge in [-0.05, 0) is 36.1 Å². The first-order chi connectivity index (χ1) is 18.4. The minimum Gasteiger partial charge on any atom is -0.497 e. The molecule has 5 rings (SSSR count). The van der Waals surface area contributed by atoms with Gasteiger partial charge in [0.2, 0.25) is 11.8 Å². The van der Waals surface area contributed by atoms with Gasteiger partial charge in [0, 0.05) is 24.0 Å². The Morgan fingerprint density at radius 3 is 2.42 bits per heavy atom. The normalized spacial score (nSPS) is 29.6. The van der Waals surface area contributed by atoms with Crippen molar-refractivity contribution in [3.8, 4) is 5.75 Å². The number of amides is 3. The minimum absolute atomic E-state index is 0.0334. The van der Waals surface area contributed by atoms with E-state index in [1.54, 1.807) is 31.4 Å². The smallest absolute Gasteiger partial charge is 0.428 e. The summed E-state index contributed by atoms with van der Waals surface area (Å²) >= 11 is 0. The van der Waals surface area contributed by atoms with Gasteiger partial charge < -0.3 is 19.7 Å². The van der Waals surface area contributed by atoms with Crippen LogP contribution in [0.4, 0.5) is 4.79 Å². The molecule has 0 radical (unpaired) electrons. The highest BCUT2D eigenvalue weighted by molar-refractivity contribution is 6.06. The molecule has 0 unspecified atom stereocenters. The SMILES string of the molecule is COc1ccc(COC(=O)NN=C2C[C@@H](O)[C@@H](O)[C@@H]3[C@@H]4C(=O)N(Cc5ccccc5)C(=O)[C@@H]4CC[C@@H]23)cc1. The maximum Gasteiger partial charge on any atom is 0.428 e. The molecule has 0 bridgehead atoms. The average Bonchev–Trinajstić information content (AvgIpc) is 3.18. The molecule has 1 aliphatic heterocycles. The second-order valence-corrected chi connectivity index (χ2v) is 10.0. The lowest BCUT2D eigenvalue weighted by Crippen LogP contribution is -2.55. The molecular formula is C28H31N3O7. The van der Waals surface area contributed by atoms with Crippen molar-refractivity contribution in [2.75, 3.05) is 7.11 Å². The summed E-state index contributed by atoms with van der Waals surface area (Å²) in [6, 6.07) is 16.4. The predicted molar refractivity (Wildman–Crippen MR) is 136 cm³/mol. The number of rotatable bonds is 6. The summed E-state index contributed by atoms with van der Waals surface area (Å²) in [6.45, 7) is 0.204. The van der Waals surface area contributed by atoms with Crippen molar-refractivity contribution < 1.29 is 34.1 Å². The molecule has 1 saturated heterocycles. The first-order valence-corrected chi connectivity index (χ1v) is 12.7. The van der Waals surface area contributed by atoms with Gasteiger partial charge >= 0.3 is 6.09 Å². The first-order valence-electron chi connectivity index (χ1n) is 12.7. The Morgan fingerprint density at radius 2 is 1.71 bits per heavy atom. The summed E-state index contributed by atoms with van der Waals surface area (Å²) in [5.74, 6) is -2.21. The van der Waals surface area contributed by atoms with Gasteiger partial charge in [0.05, 0.1) is 37.7 Å². The van der Waals surface area contributed by atoms with Gasteiger partial charge in [-0.15, -0.1) is 0 Å². The van der Waals surface area contributed by atoms with Crippen molar-refractivity contribution in [3.05, 3.63) is 65.7 Å². The Morgan fingerprint density at radius 1 is 1.00 bits per heavy atom. The van der Waals surface area contributed by atoms with Crippen LogP contribution >= 0.6 is 0 Å². The zero-order valence-corrected chi connectivity index (χ0v) is 21.0. The number of aliphatic hydroxyl groups excluding tert-OH is 2. The molecule has 10 nitrogen and oxygen atoms in total. The zero-order valence-electron chi connectivity index (χ0n) is 21.0. The Hall–Kier alpha value is -3.76. The molecule has 2 aliphatic carbocycles. The lowest BCUT2D eigenvalue weighted by atomic mass is 9.60. The fourth-order valence-electron chi connectivity index (χ4n) is 6.01. The van der Waals surface area contributed by atoms with E-state index >= 15 is 0 Å². The molecule has 0 spiro atoms. The highest BCUT2D eigenvalue weighted by Crippen LogP contribution is 2.49. The molecule has 6 atom stereocenters. The number of nitrogens with one attached hydrogen (secondary N) is 1. The second-order valence-electron chi connectivity index (χ2n) is 10.0. The van der Waals surface area contributed by atoms with Crippen molar-refractivity contribution >= 4 is 23.6 Å². The summed E-state index contributed by atoms with van der Waals surface area (Å²) in [4.78, 5) is 40.2. The summed E-state index contributed by atoms with van der Waals surface area (Å²) < 4.78 is 10.3. The first kappa shape index (κ1) is 25.9. The lowest BCUT2D eigenvalue weighted by molar-refractivity contribution is -0.142. The van der Waals surface area contributed by atoms with Crippen molar-refractivity contribution in [3.63, 3.8) is 0 Å². The van der Waals surface area contributed by atoms with Crippen molar-refractivity contribution in [1.29, 1.82) is 0 Å². The highest BCUT2D eigenvalue weighted by atomic mass is 16.6. The van der Waals surface area contributed by atoms with Crippen LogP contribution in [0.25, 0.3) is 0 Å². The number of nitrogens with zero attached hydrogens (tertiary/aromatic N) is 2. The number of carbonyl (C=O) groups is 3. The lowest BCUT2D eigenvalue weighted by Gasteiger charge is -2.45. The summed E-state index contributed by atoms with van der Waals surface area (Å²) in [6.07, 6.45) is -2.09. The van der Waals surface area contributed by atoms with Crippen LogP contribution in [-0.4, -0.2) is 58.0 Å². The predicted octanol–water partition coefficient (Wildman–Crippen LogP) is 2.23. The van der Waals surface area contributed by atoms with E-state index in [4.69, 9.17) is 9.47 Å². The molecule has 2 aromatic carbocycles. The molecule has 3 N–H and O–H groups in total. The van der Waals surface area contributed by atoms with E-state index in [0.29, 0.717) is 24.3 Å². The minimum atomic E-state index is -1.18. The number of aliphatic hydroxyl groups is 2. The number of hydrazone groups is 1. The van der Waals surface area contributed by atoms with Gasteiger partial charge in [-0.1, -0.05) is 42.5 Å². The molecule has 0 aromatic heterocycles. The third-order valence-electron chi connectivity index (χ3n) is 7.87. The van der Waals surface area contributed by atoms with Crippen LogP contribution in [-0.2, 0) is 27.5 Å². The van der Waals surface area contributed by atoms with Gasteiger partial charge in [0.1, 0.15) is 12.4 Å². The van der Waals surface area contributed by atoms with Crippen LogP contribution in [0, 0.1) is 23.7 Å². The van der Waals surface area contributed by atoms with Crippen LogP contribution < -0.4 is 10.2 Å². The van der Waals surface area contributed by atoms with Gasteiger partial charge in [-0.3, -0.25) is 14.5 Å². The van der Waals surface area contributed by atoms with E-state index in [-0.39, 0.29) is 37.3 Å². The van der Waals surface area contributed by atoms with Crippen molar-refractivity contribution in [2.24, 2.45) is 28.8 Å². The number of methoxy groups -OCH3 is 1. The van der Waals surface area contributed by atoms with E-state index in [1.807, 2.05) is 30.3 Å². The molecule has 3 amide bonds. The molecule has 200 valence electrons. The van der Waals surface area contributed by atoms with Gasteiger partial charge in [-0.2, -0.15) is 5.10 Å². The molecule has 10 heteroatoms. The number of fused-ring (bicyclic) bond motifs is 3. The molecule has 3 aliphatic rings. The Balaban J connectivity index is 1.28. The molecule has 2 saturated carbocycles. The molecule has 2 aromatic rings. The standard InChI is InChI=1S/C28H31N3O7/c1-37-18-9-7-17(8-10-18)15-38-28(36)30-29-21-13-22(32)25(33)23-19(21)11-12-20-24(23)27(35)31(26(20)34)14-16-5-3-2-4-6-16/h2-10,19-20,22-25,32-33H,11-15H2,1H3,(H,30,36)/t19-,20+,22+,23-,24+,25+/m0/s1. The summed E-state index contributed by atoms with van der Waals surface area (Å²) in [5.41, 5.74) is 4.47. The highest BCUT2D eigenvalue weighted by Gasteiger charge is 2.59. The number of carbonyl (C=O) groups excluding carboxylic acids is 3. The van der Waals surface area contributed by atoms with Crippen LogP contribution in [0.5, 0.6) is 5.75 Å². The average molecular weight is 522 g/mol. The number of benzene rings is 2. The number of hydrogen-bond donors (Lipinski definition) is 3. The fourth-order valence-corrected chi connectivity index (χ4v) is 6.01. The van der Waals surface area contributed by atoms with E-state index < -0.39 is 36.1 Å². The second kappa shape index (κ2) is 10.9. The Kier molecular flexibility index (Phi) is 7.44. The van der Waals surface area contributed by atoms with Crippen LogP contribution in [0.3, 0.4) is 0 Å². The van der Waals surface area contributed by atoms with E-state index in [2.05, 4.69) is 10.5 Å². The van der Waals surface area contributed by atoms with E-state index in [1.165, 1.54) is 4.90 Å². The van der Waals surface area contributed by atoms with Crippen LogP contribution in [0.2, 0.25) is 0 Å². The third-order valence-corrected chi connectivity index (χ3v) is 7.87. The van der Waals surface area contributed by atoms with Gasteiger partial charge in [-0.25, -0.2) is 10.2 Å². The molecule has 3 fully saturated rings. The number of imide groups is 1. The maximum atomic E-state index is 13.5. The topological polar surface area (TPSA) is 138 Å². The molecular weight excluding hydrogens is 490 g/mol. The summed E-state index contributed by atoms with van der Waals surface area (Å²) in [5, 5.41) is 25.8. The van der Waals surface area contributed by atoms with E-state index in [9.17, 15) is 24.6 Å². The summed E-state index contributed by atoms with van der Waals surface area (Å²) in [7, 11) is 1.57. The number of likely N-dealkylation sites (tertiary alicyclic amines) is 1. The quantitative estimate of drug-likeness (QED) is 0.392. The van der Waals surface area contributed by atoms with Gasteiger partial charge in [0.15, 0.2) is 0 Å².